The Balaban J connectivity index is 2.33. The van der Waals surface area contributed by atoms with Gasteiger partial charge in [0.25, 0.3) is 0 Å². The third kappa shape index (κ3) is 0.923. The molecule has 2 N–H and O–H groups in total. The summed E-state index contributed by atoms with van der Waals surface area (Å²) in [4.78, 5) is 3.17. The topological polar surface area (TPSA) is 36.0 Å². The van der Waals surface area contributed by atoms with Gasteiger partial charge in [-0.25, -0.2) is 0 Å². The molecule has 0 radical (unpaired) electrons. The summed E-state index contributed by atoms with van der Waals surface area (Å²) in [6.45, 7) is 0. The van der Waals surface area contributed by atoms with Crippen LogP contribution < -0.4 is 0 Å². The highest BCUT2D eigenvalue weighted by Crippen LogP contribution is 2.47. The zero-order valence-electron chi connectivity index (χ0n) is 7.25. The minimum atomic E-state index is -0.537. The van der Waals surface area contributed by atoms with E-state index in [-0.39, 0.29) is 0 Å². The molecule has 1 saturated carbocycles. The van der Waals surface area contributed by atoms with Crippen molar-refractivity contribution < 1.29 is 5.11 Å². The number of hydrogen-bond acceptors (Lipinski definition) is 1. The highest BCUT2D eigenvalue weighted by Gasteiger charge is 2.43. The van der Waals surface area contributed by atoms with Crippen molar-refractivity contribution in [2.75, 3.05) is 0 Å². The van der Waals surface area contributed by atoms with Gasteiger partial charge in [-0.3, -0.25) is 0 Å². The SMILES string of the molecule is OC1(c2cccc3cc[nH]c23)CC1. The summed E-state index contributed by atoms with van der Waals surface area (Å²) in [5, 5.41) is 11.2. The smallest absolute Gasteiger partial charge is 0.0919 e. The van der Waals surface area contributed by atoms with Gasteiger partial charge in [0, 0.05) is 11.8 Å². The van der Waals surface area contributed by atoms with Crippen molar-refractivity contribution in [2.45, 2.75) is 18.4 Å². The number of fused-ring (bicyclic) bond motifs is 1. The van der Waals surface area contributed by atoms with Crippen molar-refractivity contribution in [3.63, 3.8) is 0 Å². The number of aromatic nitrogens is 1. The van der Waals surface area contributed by atoms with Gasteiger partial charge in [0.05, 0.1) is 11.1 Å². The zero-order valence-corrected chi connectivity index (χ0v) is 7.25. The molecule has 1 fully saturated rings. The number of para-hydroxylation sites is 1. The number of aliphatic hydroxyl groups is 1. The predicted octanol–water partition coefficient (Wildman–Crippen LogP) is 2.15. The molecule has 0 amide bonds. The molecule has 0 atom stereocenters. The largest absolute Gasteiger partial charge is 0.385 e. The first-order valence-corrected chi connectivity index (χ1v) is 4.59. The monoisotopic (exact) mass is 173 g/mol. The summed E-state index contributed by atoms with van der Waals surface area (Å²) in [6, 6.07) is 8.10. The Morgan fingerprint density at radius 1 is 1.23 bits per heavy atom. The minimum absolute atomic E-state index is 0.537. The van der Waals surface area contributed by atoms with Crippen LogP contribution in [0, 0.1) is 0 Å². The lowest BCUT2D eigenvalue weighted by atomic mass is 10.1. The molecule has 1 aliphatic carbocycles. The molecule has 2 nitrogen and oxygen atoms in total. The minimum Gasteiger partial charge on any atom is -0.385 e. The number of benzene rings is 1. The highest BCUT2D eigenvalue weighted by atomic mass is 16.3. The molecule has 1 heterocycles. The Kier molecular flexibility index (Phi) is 1.18. The fourth-order valence-corrected chi connectivity index (χ4v) is 1.86. The maximum atomic E-state index is 10.00. The van der Waals surface area contributed by atoms with Crippen molar-refractivity contribution in [2.24, 2.45) is 0 Å². The number of rotatable bonds is 1. The molecule has 0 bridgehead atoms. The number of hydrogen-bond donors (Lipinski definition) is 2. The fraction of sp³-hybridized carbons (Fsp3) is 0.273. The third-order valence-electron chi connectivity index (χ3n) is 2.81. The highest BCUT2D eigenvalue weighted by molar-refractivity contribution is 5.83. The maximum absolute atomic E-state index is 10.00. The van der Waals surface area contributed by atoms with Gasteiger partial charge in [0.1, 0.15) is 0 Å². The van der Waals surface area contributed by atoms with E-state index in [2.05, 4.69) is 11.1 Å². The van der Waals surface area contributed by atoms with Crippen LogP contribution in [0.1, 0.15) is 18.4 Å². The van der Waals surface area contributed by atoms with E-state index in [0.717, 1.165) is 23.9 Å². The Hall–Kier alpha value is -1.28. The van der Waals surface area contributed by atoms with Crippen molar-refractivity contribution in [1.82, 2.24) is 4.98 Å². The quantitative estimate of drug-likeness (QED) is 0.681. The zero-order chi connectivity index (χ0) is 8.89. The van der Waals surface area contributed by atoms with E-state index in [1.807, 2.05) is 24.4 Å². The van der Waals surface area contributed by atoms with Crippen LogP contribution in [-0.4, -0.2) is 10.1 Å². The van der Waals surface area contributed by atoms with E-state index in [0.29, 0.717) is 0 Å². The molecule has 0 spiro atoms. The van der Waals surface area contributed by atoms with Gasteiger partial charge in [-0.2, -0.15) is 0 Å². The Morgan fingerprint density at radius 2 is 2.08 bits per heavy atom. The summed E-state index contributed by atoms with van der Waals surface area (Å²) >= 11 is 0. The van der Waals surface area contributed by atoms with Gasteiger partial charge < -0.3 is 10.1 Å². The second-order valence-electron chi connectivity index (χ2n) is 3.78. The van der Waals surface area contributed by atoms with E-state index in [1.165, 1.54) is 5.39 Å². The molecular formula is C11H11NO. The fourth-order valence-electron chi connectivity index (χ4n) is 1.86. The summed E-state index contributed by atoms with van der Waals surface area (Å²) < 4.78 is 0. The van der Waals surface area contributed by atoms with E-state index >= 15 is 0 Å². The van der Waals surface area contributed by atoms with Gasteiger partial charge >= 0.3 is 0 Å². The van der Waals surface area contributed by atoms with Crippen molar-refractivity contribution in [1.29, 1.82) is 0 Å². The van der Waals surface area contributed by atoms with E-state index < -0.39 is 5.60 Å². The standard InChI is InChI=1S/C11H11NO/c13-11(5-6-11)9-3-1-2-8-4-7-12-10(8)9/h1-4,7,12-13H,5-6H2. The molecule has 1 aromatic heterocycles. The first kappa shape index (κ1) is 7.15. The van der Waals surface area contributed by atoms with Crippen LogP contribution in [0.4, 0.5) is 0 Å². The molecule has 1 aliphatic rings. The van der Waals surface area contributed by atoms with Crippen LogP contribution in [0.2, 0.25) is 0 Å². The van der Waals surface area contributed by atoms with Crippen LogP contribution in [0.3, 0.4) is 0 Å². The predicted molar refractivity (Wildman–Crippen MR) is 51.4 cm³/mol. The van der Waals surface area contributed by atoms with E-state index in [1.54, 1.807) is 0 Å². The van der Waals surface area contributed by atoms with Gasteiger partial charge in [0.2, 0.25) is 0 Å². The Morgan fingerprint density at radius 3 is 2.85 bits per heavy atom. The second kappa shape index (κ2) is 2.15. The molecule has 0 saturated heterocycles. The van der Waals surface area contributed by atoms with Gasteiger partial charge in [-0.15, -0.1) is 0 Å². The molecule has 2 heteroatoms. The Labute approximate surface area is 76.2 Å². The normalized spacial score (nSPS) is 19.2. The van der Waals surface area contributed by atoms with Gasteiger partial charge in [-0.1, -0.05) is 18.2 Å². The van der Waals surface area contributed by atoms with Crippen LogP contribution in [0.25, 0.3) is 10.9 Å². The Bertz CT molecular complexity index is 454. The van der Waals surface area contributed by atoms with Crippen molar-refractivity contribution in [3.05, 3.63) is 36.0 Å². The number of nitrogens with one attached hydrogen (secondary N) is 1. The lowest BCUT2D eigenvalue weighted by molar-refractivity contribution is 0.153. The lowest BCUT2D eigenvalue weighted by Gasteiger charge is -2.08. The summed E-state index contributed by atoms with van der Waals surface area (Å²) in [5.74, 6) is 0. The molecule has 0 aliphatic heterocycles. The first-order valence-electron chi connectivity index (χ1n) is 4.59. The lowest BCUT2D eigenvalue weighted by Crippen LogP contribution is -2.04. The van der Waals surface area contributed by atoms with Crippen LogP contribution in [0.15, 0.2) is 30.5 Å². The average Bonchev–Trinajstić information content (AvgIpc) is 2.72. The first-order chi connectivity index (χ1) is 6.30. The van der Waals surface area contributed by atoms with Gasteiger partial charge in [0.15, 0.2) is 0 Å². The maximum Gasteiger partial charge on any atom is 0.0919 e. The molecule has 66 valence electrons. The molecule has 2 aromatic rings. The molecule has 1 aromatic carbocycles. The number of aromatic amines is 1. The summed E-state index contributed by atoms with van der Waals surface area (Å²) in [5.41, 5.74) is 1.60. The van der Waals surface area contributed by atoms with Crippen LogP contribution in [0.5, 0.6) is 0 Å². The molecular weight excluding hydrogens is 162 g/mol. The van der Waals surface area contributed by atoms with E-state index in [9.17, 15) is 5.11 Å². The van der Waals surface area contributed by atoms with Crippen molar-refractivity contribution in [3.8, 4) is 0 Å². The summed E-state index contributed by atoms with van der Waals surface area (Å²) in [6.07, 6.45) is 3.70. The molecule has 3 rings (SSSR count). The average molecular weight is 173 g/mol. The summed E-state index contributed by atoms with van der Waals surface area (Å²) in [7, 11) is 0. The second-order valence-corrected chi connectivity index (χ2v) is 3.78. The molecule has 0 unspecified atom stereocenters. The van der Waals surface area contributed by atoms with Gasteiger partial charge in [-0.05, 0) is 24.3 Å². The van der Waals surface area contributed by atoms with E-state index in [4.69, 9.17) is 0 Å². The number of H-pyrrole nitrogens is 1. The van der Waals surface area contributed by atoms with Crippen molar-refractivity contribution >= 4 is 10.9 Å². The molecule has 13 heavy (non-hydrogen) atoms. The third-order valence-corrected chi connectivity index (χ3v) is 2.81. The van der Waals surface area contributed by atoms with Crippen LogP contribution >= 0.6 is 0 Å². The van der Waals surface area contributed by atoms with Crippen LogP contribution in [-0.2, 0) is 5.60 Å².